The highest BCUT2D eigenvalue weighted by Crippen LogP contribution is 2.10. The topological polar surface area (TPSA) is 132 Å². The number of hydrogen-bond donors (Lipinski definition) is 2. The van der Waals surface area contributed by atoms with Crippen LogP contribution in [0.4, 0.5) is 11.6 Å². The summed E-state index contributed by atoms with van der Waals surface area (Å²) in [7, 11) is 2.87. The standard InChI is InChI=1S/C23H26N6O4/c1-15-9-10-18(25-11-15)26-19(31)14-27(2)13-17(30)20-21(24)29(23(33)28(3)22(20)32)12-16-7-5-4-6-8-16/h4-11H,12-14,24H2,1-3H3,(H,25,26,31). The van der Waals surface area contributed by atoms with Gasteiger partial charge in [0, 0.05) is 13.2 Å². The summed E-state index contributed by atoms with van der Waals surface area (Å²) in [6.45, 7) is 1.65. The molecule has 33 heavy (non-hydrogen) atoms. The zero-order valence-electron chi connectivity index (χ0n) is 18.7. The number of nitrogen functional groups attached to an aromatic ring is 1. The van der Waals surface area contributed by atoms with Crippen molar-refractivity contribution in [3.8, 4) is 0 Å². The number of amides is 1. The summed E-state index contributed by atoms with van der Waals surface area (Å²) in [4.78, 5) is 56.1. The number of ketones is 1. The maximum absolute atomic E-state index is 12.9. The van der Waals surface area contributed by atoms with Crippen molar-refractivity contribution in [2.24, 2.45) is 7.05 Å². The number of nitrogens with two attached hydrogens (primary N) is 1. The number of hydrogen-bond acceptors (Lipinski definition) is 7. The van der Waals surface area contributed by atoms with Crippen LogP contribution in [-0.4, -0.2) is 50.8 Å². The van der Waals surface area contributed by atoms with E-state index in [4.69, 9.17) is 5.73 Å². The van der Waals surface area contributed by atoms with Gasteiger partial charge in [0.05, 0.1) is 19.6 Å². The van der Waals surface area contributed by atoms with Crippen molar-refractivity contribution in [2.75, 3.05) is 31.2 Å². The van der Waals surface area contributed by atoms with Gasteiger partial charge < -0.3 is 11.1 Å². The number of carbonyl (C=O) groups excluding carboxylic acids is 2. The fourth-order valence-corrected chi connectivity index (χ4v) is 3.31. The predicted octanol–water partition coefficient (Wildman–Crippen LogP) is 0.634. The molecule has 3 aromatic rings. The van der Waals surface area contributed by atoms with Crippen molar-refractivity contribution >= 4 is 23.3 Å². The molecule has 0 aliphatic carbocycles. The number of pyridine rings is 1. The smallest absolute Gasteiger partial charge is 0.332 e. The van der Waals surface area contributed by atoms with Crippen LogP contribution in [0.2, 0.25) is 0 Å². The van der Waals surface area contributed by atoms with Gasteiger partial charge in [-0.15, -0.1) is 0 Å². The number of benzene rings is 1. The van der Waals surface area contributed by atoms with Gasteiger partial charge in [-0.2, -0.15) is 0 Å². The lowest BCUT2D eigenvalue weighted by atomic mass is 10.1. The molecule has 1 amide bonds. The van der Waals surface area contributed by atoms with E-state index in [9.17, 15) is 19.2 Å². The fraction of sp³-hybridized carbons (Fsp3) is 0.261. The summed E-state index contributed by atoms with van der Waals surface area (Å²) < 4.78 is 2.06. The van der Waals surface area contributed by atoms with Crippen LogP contribution < -0.4 is 22.3 Å². The van der Waals surface area contributed by atoms with Crippen LogP contribution in [0.3, 0.4) is 0 Å². The normalized spacial score (nSPS) is 10.9. The van der Waals surface area contributed by atoms with Crippen LogP contribution in [0.1, 0.15) is 21.5 Å². The maximum Gasteiger partial charge on any atom is 0.332 e. The number of Topliss-reactive ketones (excluding diaryl/α,β-unsaturated/α-hetero) is 1. The average Bonchev–Trinajstić information content (AvgIpc) is 2.77. The second-order valence-electron chi connectivity index (χ2n) is 7.84. The van der Waals surface area contributed by atoms with E-state index >= 15 is 0 Å². The summed E-state index contributed by atoms with van der Waals surface area (Å²) >= 11 is 0. The number of rotatable bonds is 8. The van der Waals surface area contributed by atoms with Crippen LogP contribution in [0.5, 0.6) is 0 Å². The Morgan fingerprint density at radius 1 is 1.09 bits per heavy atom. The number of anilines is 2. The van der Waals surface area contributed by atoms with Gasteiger partial charge in [0.15, 0.2) is 5.78 Å². The Morgan fingerprint density at radius 3 is 2.42 bits per heavy atom. The summed E-state index contributed by atoms with van der Waals surface area (Å²) in [5.74, 6) is -0.745. The summed E-state index contributed by atoms with van der Waals surface area (Å²) in [6, 6.07) is 12.6. The lowest BCUT2D eigenvalue weighted by Crippen LogP contribution is -2.44. The Labute approximate surface area is 190 Å². The summed E-state index contributed by atoms with van der Waals surface area (Å²) in [5, 5.41) is 2.65. The molecule has 0 atom stereocenters. The molecule has 2 heterocycles. The number of likely N-dealkylation sites (N-methyl/N-ethyl adjacent to an activating group) is 1. The Balaban J connectivity index is 1.77. The Hall–Kier alpha value is -4.05. The summed E-state index contributed by atoms with van der Waals surface area (Å²) in [6.07, 6.45) is 1.63. The van der Waals surface area contributed by atoms with Crippen molar-refractivity contribution in [1.82, 2.24) is 19.0 Å². The quantitative estimate of drug-likeness (QED) is 0.481. The van der Waals surface area contributed by atoms with Crippen molar-refractivity contribution in [1.29, 1.82) is 0 Å². The van der Waals surface area contributed by atoms with E-state index < -0.39 is 17.0 Å². The zero-order valence-corrected chi connectivity index (χ0v) is 18.7. The number of carbonyl (C=O) groups is 2. The first-order chi connectivity index (χ1) is 15.7. The minimum atomic E-state index is -0.770. The third-order valence-electron chi connectivity index (χ3n) is 5.05. The first-order valence-corrected chi connectivity index (χ1v) is 10.2. The van der Waals surface area contributed by atoms with E-state index in [0.29, 0.717) is 5.82 Å². The lowest BCUT2D eigenvalue weighted by molar-refractivity contribution is -0.116. The molecular weight excluding hydrogens is 424 g/mol. The van der Waals surface area contributed by atoms with Gasteiger partial charge in [0.2, 0.25) is 5.91 Å². The summed E-state index contributed by atoms with van der Waals surface area (Å²) in [5.41, 5.74) is 6.21. The first-order valence-electron chi connectivity index (χ1n) is 10.2. The third-order valence-corrected chi connectivity index (χ3v) is 5.05. The molecular formula is C23H26N6O4. The van der Waals surface area contributed by atoms with Gasteiger partial charge in [-0.3, -0.25) is 28.4 Å². The van der Waals surface area contributed by atoms with Gasteiger partial charge in [-0.1, -0.05) is 36.4 Å². The highest BCUT2D eigenvalue weighted by molar-refractivity contribution is 6.01. The molecule has 3 N–H and O–H groups in total. The Morgan fingerprint density at radius 2 is 1.79 bits per heavy atom. The largest absolute Gasteiger partial charge is 0.384 e. The van der Waals surface area contributed by atoms with Crippen molar-refractivity contribution in [3.63, 3.8) is 0 Å². The fourth-order valence-electron chi connectivity index (χ4n) is 3.31. The highest BCUT2D eigenvalue weighted by atomic mass is 16.2. The van der Waals surface area contributed by atoms with E-state index in [1.54, 1.807) is 19.3 Å². The molecule has 0 aliphatic heterocycles. The minimum Gasteiger partial charge on any atom is -0.384 e. The van der Waals surface area contributed by atoms with Crippen LogP contribution >= 0.6 is 0 Å². The van der Waals surface area contributed by atoms with E-state index in [0.717, 1.165) is 15.7 Å². The molecule has 3 rings (SSSR count). The molecule has 0 fully saturated rings. The molecule has 2 aromatic heterocycles. The molecule has 0 bridgehead atoms. The van der Waals surface area contributed by atoms with Crippen LogP contribution in [0.25, 0.3) is 0 Å². The van der Waals surface area contributed by atoms with E-state index in [-0.39, 0.29) is 36.9 Å². The van der Waals surface area contributed by atoms with Gasteiger partial charge in [-0.05, 0) is 31.2 Å². The molecule has 1 aromatic carbocycles. The molecule has 172 valence electrons. The van der Waals surface area contributed by atoms with Crippen LogP contribution in [0, 0.1) is 6.92 Å². The molecule has 10 nitrogen and oxygen atoms in total. The number of nitrogens with zero attached hydrogens (tertiary/aromatic N) is 4. The average molecular weight is 450 g/mol. The van der Waals surface area contributed by atoms with E-state index in [1.165, 1.54) is 16.5 Å². The molecule has 10 heteroatoms. The van der Waals surface area contributed by atoms with E-state index in [1.807, 2.05) is 43.3 Å². The number of nitrogens with one attached hydrogen (secondary N) is 1. The number of aromatic nitrogens is 3. The van der Waals surface area contributed by atoms with Crippen LogP contribution in [0.15, 0.2) is 58.3 Å². The monoisotopic (exact) mass is 450 g/mol. The molecule has 0 spiro atoms. The molecule has 0 saturated heterocycles. The zero-order chi connectivity index (χ0) is 24.1. The van der Waals surface area contributed by atoms with Crippen molar-refractivity contribution in [3.05, 3.63) is 86.2 Å². The second kappa shape index (κ2) is 10.0. The van der Waals surface area contributed by atoms with Gasteiger partial charge in [0.25, 0.3) is 5.56 Å². The molecule has 0 saturated carbocycles. The second-order valence-corrected chi connectivity index (χ2v) is 7.84. The van der Waals surface area contributed by atoms with Crippen LogP contribution in [-0.2, 0) is 18.4 Å². The van der Waals surface area contributed by atoms with Gasteiger partial charge in [-0.25, -0.2) is 9.78 Å². The third kappa shape index (κ3) is 5.60. The Kier molecular flexibility index (Phi) is 7.19. The first kappa shape index (κ1) is 23.6. The molecule has 0 aliphatic rings. The SMILES string of the molecule is Cc1ccc(NC(=O)CN(C)CC(=O)c2c(N)n(Cc3ccccc3)c(=O)n(C)c2=O)nc1. The van der Waals surface area contributed by atoms with Crippen molar-refractivity contribution in [2.45, 2.75) is 13.5 Å². The minimum absolute atomic E-state index is 0.106. The van der Waals surface area contributed by atoms with Crippen molar-refractivity contribution < 1.29 is 9.59 Å². The maximum atomic E-state index is 12.9. The molecule has 0 unspecified atom stereocenters. The highest BCUT2D eigenvalue weighted by Gasteiger charge is 2.23. The Bertz CT molecular complexity index is 1280. The number of aryl methyl sites for hydroxylation is 1. The lowest BCUT2D eigenvalue weighted by Gasteiger charge is -2.18. The van der Waals surface area contributed by atoms with Gasteiger partial charge >= 0.3 is 5.69 Å². The van der Waals surface area contributed by atoms with Gasteiger partial charge in [0.1, 0.15) is 17.2 Å². The van der Waals surface area contributed by atoms with E-state index in [2.05, 4.69) is 10.3 Å². The predicted molar refractivity (Wildman–Crippen MR) is 125 cm³/mol. The molecule has 0 radical (unpaired) electrons.